The Morgan fingerprint density at radius 2 is 2.00 bits per heavy atom. The number of rotatable bonds is 6. The molecule has 21 heavy (non-hydrogen) atoms. The first kappa shape index (κ1) is 17.8. The average molecular weight is 299 g/mol. The summed E-state index contributed by atoms with van der Waals surface area (Å²) in [6, 6.07) is 0.107. The molecule has 0 aromatic rings. The van der Waals surface area contributed by atoms with E-state index >= 15 is 0 Å². The second-order valence-electron chi connectivity index (χ2n) is 7.17. The number of nitrogens with one attached hydrogen (secondary N) is 2. The number of urea groups is 1. The molecule has 0 aromatic heterocycles. The fourth-order valence-electron chi connectivity index (χ4n) is 2.71. The summed E-state index contributed by atoms with van der Waals surface area (Å²) in [6.07, 6.45) is 2.80. The predicted octanol–water partition coefficient (Wildman–Crippen LogP) is 1.52. The maximum Gasteiger partial charge on any atom is 0.314 e. The van der Waals surface area contributed by atoms with Crippen LogP contribution in [0, 0.1) is 11.3 Å². The smallest absolute Gasteiger partial charge is 0.314 e. The molecule has 3 N–H and O–H groups in total. The maximum absolute atomic E-state index is 11.8. The molecular formula is C15H29N3O3. The van der Waals surface area contributed by atoms with Crippen molar-refractivity contribution < 1.29 is 14.7 Å². The highest BCUT2D eigenvalue weighted by molar-refractivity contribution is 5.75. The van der Waals surface area contributed by atoms with E-state index in [-0.39, 0.29) is 18.0 Å². The molecule has 0 spiro atoms. The zero-order valence-corrected chi connectivity index (χ0v) is 13.6. The molecule has 0 aliphatic carbocycles. The Hall–Kier alpha value is -1.30. The highest BCUT2D eigenvalue weighted by Gasteiger charge is 2.25. The van der Waals surface area contributed by atoms with Crippen molar-refractivity contribution >= 4 is 12.0 Å². The van der Waals surface area contributed by atoms with Gasteiger partial charge in [0.1, 0.15) is 0 Å². The first-order valence-electron chi connectivity index (χ1n) is 7.64. The van der Waals surface area contributed by atoms with Gasteiger partial charge >= 0.3 is 12.0 Å². The number of carbonyl (C=O) groups excluding carboxylic acids is 1. The molecule has 1 saturated heterocycles. The van der Waals surface area contributed by atoms with Gasteiger partial charge in [-0.2, -0.15) is 0 Å². The number of hydrogen-bond donors (Lipinski definition) is 3. The Morgan fingerprint density at radius 1 is 1.33 bits per heavy atom. The third-order valence-corrected chi connectivity index (χ3v) is 3.89. The van der Waals surface area contributed by atoms with E-state index in [0.29, 0.717) is 19.0 Å². The van der Waals surface area contributed by atoms with Crippen molar-refractivity contribution in [1.29, 1.82) is 0 Å². The predicted molar refractivity (Wildman–Crippen MR) is 82.3 cm³/mol. The topological polar surface area (TPSA) is 81.7 Å². The molecule has 0 saturated carbocycles. The minimum absolute atomic E-state index is 0.0756. The largest absolute Gasteiger partial charge is 0.481 e. The molecule has 2 amide bonds. The van der Waals surface area contributed by atoms with Gasteiger partial charge in [0.15, 0.2) is 0 Å². The van der Waals surface area contributed by atoms with Gasteiger partial charge < -0.3 is 20.6 Å². The van der Waals surface area contributed by atoms with Crippen molar-refractivity contribution in [2.24, 2.45) is 11.3 Å². The molecule has 0 aromatic carbocycles. The molecule has 122 valence electrons. The second-order valence-corrected chi connectivity index (χ2v) is 7.17. The molecule has 1 heterocycles. The quantitative estimate of drug-likeness (QED) is 0.694. The van der Waals surface area contributed by atoms with Gasteiger partial charge in [0.2, 0.25) is 0 Å². The molecular weight excluding hydrogens is 270 g/mol. The number of carboxylic acid groups (broad SMARTS) is 1. The lowest BCUT2D eigenvalue weighted by molar-refractivity contribution is -0.142. The summed E-state index contributed by atoms with van der Waals surface area (Å²) in [4.78, 5) is 25.2. The van der Waals surface area contributed by atoms with Crippen LogP contribution >= 0.6 is 0 Å². The first-order valence-corrected chi connectivity index (χ1v) is 7.64. The number of carbonyl (C=O) groups is 2. The van der Waals surface area contributed by atoms with E-state index in [0.717, 1.165) is 19.4 Å². The van der Waals surface area contributed by atoms with Gasteiger partial charge in [-0.15, -0.1) is 0 Å². The van der Waals surface area contributed by atoms with Crippen LogP contribution in [0.25, 0.3) is 0 Å². The maximum atomic E-state index is 11.8. The molecule has 6 heteroatoms. The molecule has 1 aliphatic heterocycles. The van der Waals surface area contributed by atoms with Gasteiger partial charge in [-0.3, -0.25) is 4.79 Å². The summed E-state index contributed by atoms with van der Waals surface area (Å²) < 4.78 is 0. The van der Waals surface area contributed by atoms with Gasteiger partial charge in [-0.25, -0.2) is 4.79 Å². The molecule has 6 nitrogen and oxygen atoms in total. The normalized spacial score (nSPS) is 21.0. The molecule has 2 unspecified atom stereocenters. The van der Waals surface area contributed by atoms with E-state index in [1.807, 2.05) is 20.8 Å². The lowest BCUT2D eigenvalue weighted by Gasteiger charge is -2.24. The Labute approximate surface area is 127 Å². The molecule has 2 atom stereocenters. The number of nitrogens with zero attached hydrogens (tertiary/aromatic N) is 1. The van der Waals surface area contributed by atoms with E-state index in [1.165, 1.54) is 0 Å². The minimum Gasteiger partial charge on any atom is -0.481 e. The second kappa shape index (κ2) is 7.64. The van der Waals surface area contributed by atoms with Crippen LogP contribution in [0.15, 0.2) is 0 Å². The molecule has 0 bridgehead atoms. The Kier molecular flexibility index (Phi) is 6.45. The lowest BCUT2D eigenvalue weighted by atomic mass is 9.84. The molecule has 1 aliphatic rings. The fourth-order valence-corrected chi connectivity index (χ4v) is 2.71. The minimum atomic E-state index is -0.860. The summed E-state index contributed by atoms with van der Waals surface area (Å²) in [5.41, 5.74) is -0.0756. The van der Waals surface area contributed by atoms with Crippen molar-refractivity contribution in [2.45, 2.75) is 46.1 Å². The summed E-state index contributed by atoms with van der Waals surface area (Å²) in [5.74, 6) is -1.41. The van der Waals surface area contributed by atoms with Gasteiger partial charge in [0.25, 0.3) is 0 Å². The first-order chi connectivity index (χ1) is 9.69. The number of hydrogen-bond acceptors (Lipinski definition) is 3. The van der Waals surface area contributed by atoms with Crippen LogP contribution in [0.2, 0.25) is 0 Å². The summed E-state index contributed by atoms with van der Waals surface area (Å²) in [7, 11) is 2.06. The standard InChI is InChI=1S/C15H29N3O3/c1-15(2,3)8-11(13(19)20)9-16-14(21)17-10-12-6-5-7-18(12)4/h11-12H,5-10H2,1-4H3,(H,19,20)(H2,16,17,21). The van der Waals surface area contributed by atoms with Crippen molar-refractivity contribution in [3.8, 4) is 0 Å². The summed E-state index contributed by atoms with van der Waals surface area (Å²) in [6.45, 7) is 7.84. The third-order valence-electron chi connectivity index (χ3n) is 3.89. The van der Waals surface area contributed by atoms with Crippen LogP contribution in [0.1, 0.15) is 40.0 Å². The van der Waals surface area contributed by atoms with Crippen LogP contribution in [0.5, 0.6) is 0 Å². The van der Waals surface area contributed by atoms with Crippen molar-refractivity contribution in [3.63, 3.8) is 0 Å². The van der Waals surface area contributed by atoms with Gasteiger partial charge in [0.05, 0.1) is 5.92 Å². The summed E-state index contributed by atoms with van der Waals surface area (Å²) in [5, 5.41) is 14.7. The Bertz CT molecular complexity index is 366. The molecule has 0 radical (unpaired) electrons. The number of aliphatic carboxylic acids is 1. The van der Waals surface area contributed by atoms with Crippen molar-refractivity contribution in [1.82, 2.24) is 15.5 Å². The molecule has 1 fully saturated rings. The SMILES string of the molecule is CN1CCCC1CNC(=O)NCC(CC(C)(C)C)C(=O)O. The van der Waals surface area contributed by atoms with E-state index < -0.39 is 11.9 Å². The van der Waals surface area contributed by atoms with E-state index in [2.05, 4.69) is 22.6 Å². The monoisotopic (exact) mass is 299 g/mol. The summed E-state index contributed by atoms with van der Waals surface area (Å²) >= 11 is 0. The Balaban J connectivity index is 2.31. The highest BCUT2D eigenvalue weighted by atomic mass is 16.4. The highest BCUT2D eigenvalue weighted by Crippen LogP contribution is 2.24. The van der Waals surface area contributed by atoms with Crippen LogP contribution < -0.4 is 10.6 Å². The lowest BCUT2D eigenvalue weighted by Crippen LogP contribution is -2.45. The zero-order valence-electron chi connectivity index (χ0n) is 13.6. The van der Waals surface area contributed by atoms with Crippen LogP contribution in [-0.2, 0) is 4.79 Å². The average Bonchev–Trinajstić information content (AvgIpc) is 2.76. The van der Waals surface area contributed by atoms with Crippen LogP contribution in [0.4, 0.5) is 4.79 Å². The van der Waals surface area contributed by atoms with E-state index in [9.17, 15) is 14.7 Å². The van der Waals surface area contributed by atoms with Crippen molar-refractivity contribution in [2.75, 3.05) is 26.7 Å². The van der Waals surface area contributed by atoms with Gasteiger partial charge in [0, 0.05) is 19.1 Å². The van der Waals surface area contributed by atoms with E-state index in [1.54, 1.807) is 0 Å². The van der Waals surface area contributed by atoms with Crippen LogP contribution in [0.3, 0.4) is 0 Å². The number of likely N-dealkylation sites (tertiary alicyclic amines) is 1. The van der Waals surface area contributed by atoms with Gasteiger partial charge in [-0.1, -0.05) is 20.8 Å². The third kappa shape index (κ3) is 6.80. The number of carboxylic acids is 1. The number of likely N-dealkylation sites (N-methyl/N-ethyl adjacent to an activating group) is 1. The number of amides is 2. The zero-order chi connectivity index (χ0) is 16.0. The van der Waals surface area contributed by atoms with E-state index in [4.69, 9.17) is 0 Å². The molecule has 1 rings (SSSR count). The van der Waals surface area contributed by atoms with Crippen molar-refractivity contribution in [3.05, 3.63) is 0 Å². The fraction of sp³-hybridized carbons (Fsp3) is 0.867. The van der Waals surface area contributed by atoms with Gasteiger partial charge in [-0.05, 0) is 38.3 Å². The van der Waals surface area contributed by atoms with Crippen LogP contribution in [-0.4, -0.2) is 54.7 Å². The Morgan fingerprint density at radius 3 is 2.48 bits per heavy atom.